The van der Waals surface area contributed by atoms with Gasteiger partial charge in [0, 0.05) is 11.6 Å². The van der Waals surface area contributed by atoms with E-state index in [9.17, 15) is 4.39 Å². The van der Waals surface area contributed by atoms with Crippen molar-refractivity contribution in [1.82, 2.24) is 0 Å². The molecule has 2 N–H and O–H groups in total. The van der Waals surface area contributed by atoms with E-state index in [0.29, 0.717) is 22.0 Å². The van der Waals surface area contributed by atoms with E-state index in [2.05, 4.69) is 0 Å². The van der Waals surface area contributed by atoms with Crippen molar-refractivity contribution in [3.8, 4) is 0 Å². The summed E-state index contributed by atoms with van der Waals surface area (Å²) in [7, 11) is 0. The lowest BCUT2D eigenvalue weighted by Gasteiger charge is -2.15. The van der Waals surface area contributed by atoms with Crippen LogP contribution in [0, 0.1) is 12.7 Å². The largest absolute Gasteiger partial charge is 0.324 e. The molecular weight excluding hydrogens is 284 g/mol. The fourth-order valence-electron chi connectivity index (χ4n) is 2.00. The van der Waals surface area contributed by atoms with Gasteiger partial charge < -0.3 is 5.73 Å². The van der Waals surface area contributed by atoms with Crippen LogP contribution in [0.2, 0.25) is 10.0 Å². The second-order valence-electron chi connectivity index (χ2n) is 4.55. The summed E-state index contributed by atoms with van der Waals surface area (Å²) in [6.07, 6.45) is 0.444. The molecule has 0 radical (unpaired) electrons. The van der Waals surface area contributed by atoms with Crippen molar-refractivity contribution in [1.29, 1.82) is 0 Å². The molecule has 0 fully saturated rings. The van der Waals surface area contributed by atoms with Gasteiger partial charge in [-0.3, -0.25) is 0 Å². The fourth-order valence-corrected chi connectivity index (χ4v) is 2.40. The van der Waals surface area contributed by atoms with Crippen molar-refractivity contribution >= 4 is 23.2 Å². The van der Waals surface area contributed by atoms with Gasteiger partial charge in [0.15, 0.2) is 0 Å². The minimum Gasteiger partial charge on any atom is -0.324 e. The lowest BCUT2D eigenvalue weighted by atomic mass is 9.98. The highest BCUT2D eigenvalue weighted by atomic mass is 35.5. The summed E-state index contributed by atoms with van der Waals surface area (Å²) in [5.74, 6) is -0.295. The number of halogens is 3. The maximum atomic E-state index is 13.8. The fraction of sp³-hybridized carbons (Fsp3) is 0.200. The number of benzene rings is 2. The molecule has 0 amide bonds. The Bertz CT molecular complexity index is 599. The number of nitrogens with two attached hydrogens (primary N) is 1. The molecule has 0 aromatic heterocycles. The third kappa shape index (κ3) is 3.27. The van der Waals surface area contributed by atoms with Crippen molar-refractivity contribution in [2.45, 2.75) is 19.4 Å². The molecule has 0 saturated carbocycles. The third-order valence-corrected chi connectivity index (χ3v) is 3.88. The average Bonchev–Trinajstić information content (AvgIpc) is 2.38. The monoisotopic (exact) mass is 297 g/mol. The van der Waals surface area contributed by atoms with Crippen LogP contribution in [-0.4, -0.2) is 0 Å². The first-order valence-corrected chi connectivity index (χ1v) is 6.69. The number of hydrogen-bond acceptors (Lipinski definition) is 1. The van der Waals surface area contributed by atoms with E-state index in [1.807, 2.05) is 19.1 Å². The van der Waals surface area contributed by atoms with Gasteiger partial charge in [0.25, 0.3) is 0 Å². The van der Waals surface area contributed by atoms with E-state index in [4.69, 9.17) is 28.9 Å². The Morgan fingerprint density at radius 1 is 1.21 bits per heavy atom. The molecule has 2 rings (SSSR count). The van der Waals surface area contributed by atoms with E-state index in [0.717, 1.165) is 11.1 Å². The molecule has 1 atom stereocenters. The zero-order valence-electron chi connectivity index (χ0n) is 10.5. The summed E-state index contributed by atoms with van der Waals surface area (Å²) in [6.45, 7) is 1.90. The smallest absolute Gasteiger partial charge is 0.128 e. The van der Waals surface area contributed by atoms with Crippen molar-refractivity contribution in [3.05, 3.63) is 69.0 Å². The van der Waals surface area contributed by atoms with Gasteiger partial charge in [0.1, 0.15) is 5.82 Å². The molecule has 1 unspecified atom stereocenters. The lowest BCUT2D eigenvalue weighted by Crippen LogP contribution is -2.15. The molecule has 0 aliphatic rings. The summed E-state index contributed by atoms with van der Waals surface area (Å²) < 4.78 is 13.8. The zero-order valence-corrected chi connectivity index (χ0v) is 12.0. The molecular formula is C15H14Cl2FN. The minimum atomic E-state index is -0.448. The van der Waals surface area contributed by atoms with Gasteiger partial charge in [0.05, 0.1) is 10.0 Å². The highest BCUT2D eigenvalue weighted by Gasteiger charge is 2.14. The van der Waals surface area contributed by atoms with E-state index in [1.54, 1.807) is 18.2 Å². The molecule has 0 aliphatic carbocycles. The molecule has 1 nitrogen and oxygen atoms in total. The Kier molecular flexibility index (Phi) is 4.46. The molecule has 2 aromatic rings. The lowest BCUT2D eigenvalue weighted by molar-refractivity contribution is 0.579. The van der Waals surface area contributed by atoms with Gasteiger partial charge in [-0.2, -0.15) is 0 Å². The quantitative estimate of drug-likeness (QED) is 0.874. The molecule has 0 saturated heterocycles. The van der Waals surface area contributed by atoms with Gasteiger partial charge in [-0.15, -0.1) is 0 Å². The van der Waals surface area contributed by atoms with Crippen LogP contribution < -0.4 is 5.73 Å². The maximum absolute atomic E-state index is 13.8. The van der Waals surface area contributed by atoms with E-state index in [1.165, 1.54) is 6.07 Å². The summed E-state index contributed by atoms with van der Waals surface area (Å²) in [5, 5.41) is 0.962. The second-order valence-corrected chi connectivity index (χ2v) is 5.33. The molecule has 0 heterocycles. The first-order chi connectivity index (χ1) is 8.99. The van der Waals surface area contributed by atoms with Crippen LogP contribution >= 0.6 is 23.2 Å². The number of aryl methyl sites for hydroxylation is 1. The summed E-state index contributed by atoms with van der Waals surface area (Å²) in [5.41, 5.74) is 8.37. The Morgan fingerprint density at radius 2 is 1.95 bits per heavy atom. The standard InChI is InChI=1S/C15H14Cl2FN/c1-9-5-6-13(18)11(7-9)14(19)8-10-3-2-4-12(16)15(10)17/h2-7,14H,8,19H2,1H3. The van der Waals surface area contributed by atoms with Crippen LogP contribution in [0.3, 0.4) is 0 Å². The summed E-state index contributed by atoms with van der Waals surface area (Å²) in [4.78, 5) is 0. The average molecular weight is 298 g/mol. The Labute approximate surface area is 122 Å². The van der Waals surface area contributed by atoms with Crippen molar-refractivity contribution < 1.29 is 4.39 Å². The SMILES string of the molecule is Cc1ccc(F)c(C(N)Cc2cccc(Cl)c2Cl)c1. The first kappa shape index (κ1) is 14.3. The minimum absolute atomic E-state index is 0.295. The van der Waals surface area contributed by atoms with Gasteiger partial charge in [0.2, 0.25) is 0 Å². The van der Waals surface area contributed by atoms with Crippen LogP contribution in [0.5, 0.6) is 0 Å². The van der Waals surface area contributed by atoms with Gasteiger partial charge in [-0.1, -0.05) is 53.0 Å². The van der Waals surface area contributed by atoms with E-state index in [-0.39, 0.29) is 5.82 Å². The highest BCUT2D eigenvalue weighted by molar-refractivity contribution is 6.42. The molecule has 0 spiro atoms. The predicted molar refractivity (Wildman–Crippen MR) is 78.2 cm³/mol. The summed E-state index contributed by atoms with van der Waals surface area (Å²) >= 11 is 12.1. The molecule has 4 heteroatoms. The third-order valence-electron chi connectivity index (χ3n) is 3.02. The normalized spacial score (nSPS) is 12.5. The first-order valence-electron chi connectivity index (χ1n) is 5.93. The number of rotatable bonds is 3. The predicted octanol–water partition coefficient (Wildman–Crippen LogP) is 4.68. The van der Waals surface area contributed by atoms with Crippen molar-refractivity contribution in [2.75, 3.05) is 0 Å². The van der Waals surface area contributed by atoms with Crippen LogP contribution in [-0.2, 0) is 6.42 Å². The van der Waals surface area contributed by atoms with Crippen LogP contribution in [0.15, 0.2) is 36.4 Å². The topological polar surface area (TPSA) is 26.0 Å². The van der Waals surface area contributed by atoms with Crippen LogP contribution in [0.4, 0.5) is 4.39 Å². The zero-order chi connectivity index (χ0) is 14.0. The summed E-state index contributed by atoms with van der Waals surface area (Å²) in [6, 6.07) is 9.84. The van der Waals surface area contributed by atoms with Crippen molar-refractivity contribution in [2.24, 2.45) is 5.73 Å². The van der Waals surface area contributed by atoms with Gasteiger partial charge >= 0.3 is 0 Å². The van der Waals surface area contributed by atoms with Crippen molar-refractivity contribution in [3.63, 3.8) is 0 Å². The Morgan fingerprint density at radius 3 is 2.68 bits per heavy atom. The molecule has 0 aliphatic heterocycles. The molecule has 19 heavy (non-hydrogen) atoms. The second kappa shape index (κ2) is 5.91. The number of hydrogen-bond donors (Lipinski definition) is 1. The van der Waals surface area contributed by atoms with E-state index >= 15 is 0 Å². The van der Waals surface area contributed by atoms with Crippen LogP contribution in [0.25, 0.3) is 0 Å². The maximum Gasteiger partial charge on any atom is 0.128 e. The Balaban J connectivity index is 2.28. The Hall–Kier alpha value is -1.09. The van der Waals surface area contributed by atoms with Gasteiger partial charge in [-0.25, -0.2) is 4.39 Å². The van der Waals surface area contributed by atoms with E-state index < -0.39 is 6.04 Å². The van der Waals surface area contributed by atoms with Crippen LogP contribution in [0.1, 0.15) is 22.7 Å². The highest BCUT2D eigenvalue weighted by Crippen LogP contribution is 2.29. The molecule has 100 valence electrons. The van der Waals surface area contributed by atoms with Gasteiger partial charge in [-0.05, 0) is 31.0 Å². The molecule has 0 bridgehead atoms. The molecule has 2 aromatic carbocycles.